The Morgan fingerprint density at radius 1 is 0.746 bits per heavy atom. The van der Waals surface area contributed by atoms with E-state index in [1.807, 2.05) is 4.90 Å². The first-order valence-electron chi connectivity index (χ1n) is 20.5. The second kappa shape index (κ2) is 20.6. The number of benzene rings is 4. The zero-order chi connectivity index (χ0) is 48.9. The molecule has 4 aromatic carbocycles. The Morgan fingerprint density at radius 3 is 1.73 bits per heavy atom. The van der Waals surface area contributed by atoms with Crippen molar-refractivity contribution in [2.24, 2.45) is 11.8 Å². The molecule has 348 valence electrons. The highest BCUT2D eigenvalue weighted by molar-refractivity contribution is 6.33. The highest BCUT2D eigenvalue weighted by atomic mass is 35.5. The lowest BCUT2D eigenvalue weighted by Gasteiger charge is -2.46. The summed E-state index contributed by atoms with van der Waals surface area (Å²) in [6.07, 6.45) is -0.555. The normalized spacial score (nSPS) is 16.7. The zero-order valence-corrected chi connectivity index (χ0v) is 36.6. The second-order valence-electron chi connectivity index (χ2n) is 15.7. The third-order valence-corrected chi connectivity index (χ3v) is 11.7. The molecule has 67 heavy (non-hydrogen) atoms. The lowest BCUT2D eigenvalue weighted by Crippen LogP contribution is -2.63. The number of aryl methyl sites for hydroxylation is 1. The van der Waals surface area contributed by atoms with E-state index < -0.39 is 74.3 Å². The van der Waals surface area contributed by atoms with Crippen LogP contribution in [0, 0.1) is 42.2 Å². The quantitative estimate of drug-likeness (QED) is 0.0273. The average Bonchev–Trinajstić information content (AvgIpc) is 3.53. The number of hydrogen-bond donors (Lipinski definition) is 1. The number of β-lactam (4-membered cyclic amide) rings is 1. The molecule has 0 spiro atoms. The molecular weight excluding hydrogens is 902 g/mol. The Hall–Kier alpha value is -7.75. The fourth-order valence-corrected chi connectivity index (χ4v) is 8.05. The van der Waals surface area contributed by atoms with E-state index in [9.17, 15) is 64.2 Å². The van der Waals surface area contributed by atoms with E-state index in [0.29, 0.717) is 24.1 Å². The molecule has 1 fully saturated rings. The van der Waals surface area contributed by atoms with Gasteiger partial charge >= 0.3 is 23.9 Å². The van der Waals surface area contributed by atoms with Crippen LogP contribution in [0.3, 0.4) is 0 Å². The van der Waals surface area contributed by atoms with Gasteiger partial charge in [0.2, 0.25) is 5.91 Å². The maximum atomic E-state index is 13.6. The number of aliphatic hydroxyl groups is 1. The van der Waals surface area contributed by atoms with E-state index in [-0.39, 0.29) is 81.8 Å². The summed E-state index contributed by atoms with van der Waals surface area (Å²) < 4.78 is 16.2. The minimum Gasteiger partial charge on any atom is -0.419 e. The van der Waals surface area contributed by atoms with Crippen molar-refractivity contribution in [3.05, 3.63) is 154 Å². The molecule has 2 aliphatic rings. The van der Waals surface area contributed by atoms with Crippen LogP contribution in [0.4, 0.5) is 17.1 Å². The second-order valence-corrected chi connectivity index (χ2v) is 16.1. The van der Waals surface area contributed by atoms with Gasteiger partial charge in [-0.3, -0.25) is 39.9 Å². The van der Waals surface area contributed by atoms with Crippen LogP contribution in [-0.2, 0) is 25.5 Å². The van der Waals surface area contributed by atoms with Gasteiger partial charge in [0.25, 0.3) is 17.1 Å². The van der Waals surface area contributed by atoms with Crippen LogP contribution in [0.1, 0.15) is 69.7 Å². The number of amides is 1. The van der Waals surface area contributed by atoms with Crippen molar-refractivity contribution in [1.82, 2.24) is 9.80 Å². The standard InChI is InChI=1S/C45H40ClN5O16/c1-24-34(39(48-38(24)36(25(2)52)41(48)54)45(58)67-44(57)29-10-18-32(19-11-29)51(63)64)23-47(3)22-4-5-33(53)20-12-26-13-21-35(65-42(55)27-6-14-30(15-7-27)49(59)60)40(37(26)46)66-43(56)28-8-16-31(17-9-28)50(61)62/h6-11,13-19,21,24-25,36,38,52H,4-5,12,20,22-23H2,1-3H3/t24-,25+,36+,38+/m0/s1. The number of halogens is 1. The minimum atomic E-state index is -1.10. The highest BCUT2D eigenvalue weighted by Crippen LogP contribution is 2.47. The smallest absolute Gasteiger partial charge is 0.362 e. The van der Waals surface area contributed by atoms with Gasteiger partial charge in [-0.05, 0) is 87.0 Å². The zero-order valence-electron chi connectivity index (χ0n) is 35.8. The van der Waals surface area contributed by atoms with Gasteiger partial charge in [0.05, 0.1) is 54.5 Å². The fourth-order valence-electron chi connectivity index (χ4n) is 7.76. The fraction of sp³-hybridized carbons (Fsp3) is 0.289. The maximum absolute atomic E-state index is 13.6. The third-order valence-electron chi connectivity index (χ3n) is 11.3. The number of hydrogen-bond acceptors (Lipinski definition) is 17. The predicted molar refractivity (Wildman–Crippen MR) is 233 cm³/mol. The van der Waals surface area contributed by atoms with Crippen LogP contribution >= 0.6 is 11.6 Å². The van der Waals surface area contributed by atoms with Gasteiger partial charge in [-0.15, -0.1) is 0 Å². The van der Waals surface area contributed by atoms with Crippen LogP contribution in [-0.4, -0.2) is 97.5 Å². The van der Waals surface area contributed by atoms with Crippen molar-refractivity contribution in [3.8, 4) is 11.5 Å². The average molecular weight is 942 g/mol. The molecule has 0 unspecified atom stereocenters. The summed E-state index contributed by atoms with van der Waals surface area (Å²) in [5, 5.41) is 43.4. The van der Waals surface area contributed by atoms with Gasteiger partial charge in [0.1, 0.15) is 11.5 Å². The van der Waals surface area contributed by atoms with Gasteiger partial charge in [-0.1, -0.05) is 24.6 Å². The number of ketones is 1. The molecule has 0 saturated carbocycles. The first-order chi connectivity index (χ1) is 31.8. The number of aliphatic hydroxyl groups excluding tert-OH is 1. The Morgan fingerprint density at radius 2 is 1.24 bits per heavy atom. The van der Waals surface area contributed by atoms with Crippen molar-refractivity contribution < 1.29 is 62.9 Å². The van der Waals surface area contributed by atoms with Crippen LogP contribution in [0.2, 0.25) is 5.02 Å². The Labute approximate surface area is 384 Å². The SMILES string of the molecule is C[C@@H](O)[C@H]1C(=O)N2C(C(=O)OC(=O)c3ccc([N+](=O)[O-])cc3)=C(CN(C)CCCC(=O)CCc3ccc(OC(=O)c4ccc([N+](=O)[O-])cc4)c(OC(=O)c4ccc([N+](=O)[O-])cc4)c3Cl)[C@H](C)[C@H]12. The van der Waals surface area contributed by atoms with E-state index in [2.05, 4.69) is 0 Å². The Balaban J connectivity index is 1.11. The third kappa shape index (κ3) is 10.9. The summed E-state index contributed by atoms with van der Waals surface area (Å²) in [4.78, 5) is 113. The number of nitro groups is 3. The number of likely N-dealkylation sites (N-methyl/N-ethyl adjacent to an activating group) is 1. The lowest BCUT2D eigenvalue weighted by molar-refractivity contribution is -0.385. The van der Waals surface area contributed by atoms with E-state index in [1.54, 1.807) is 14.0 Å². The minimum absolute atomic E-state index is 0.0262. The number of carbonyl (C=O) groups is 6. The number of nitrogens with zero attached hydrogens (tertiary/aromatic N) is 5. The number of fused-ring (bicyclic) bond motifs is 1. The van der Waals surface area contributed by atoms with Crippen LogP contribution in [0.15, 0.2) is 96.2 Å². The molecule has 22 heteroatoms. The molecule has 2 heterocycles. The van der Waals surface area contributed by atoms with Crippen LogP contribution in [0.25, 0.3) is 0 Å². The lowest BCUT2D eigenvalue weighted by atomic mass is 9.77. The van der Waals surface area contributed by atoms with E-state index in [4.69, 9.17) is 25.8 Å². The van der Waals surface area contributed by atoms with Crippen molar-refractivity contribution in [3.63, 3.8) is 0 Å². The van der Waals surface area contributed by atoms with Gasteiger partial charge < -0.3 is 29.1 Å². The topological polar surface area (TPSA) is 286 Å². The number of non-ortho nitro benzene ring substituents is 3. The van der Waals surface area contributed by atoms with Crippen LogP contribution < -0.4 is 9.47 Å². The van der Waals surface area contributed by atoms with Crippen LogP contribution in [0.5, 0.6) is 11.5 Å². The summed E-state index contributed by atoms with van der Waals surface area (Å²) in [7, 11) is 1.73. The molecule has 4 atom stereocenters. The summed E-state index contributed by atoms with van der Waals surface area (Å²) in [6.45, 7) is 3.71. The molecule has 0 aliphatic carbocycles. The van der Waals surface area contributed by atoms with Crippen molar-refractivity contribution >= 4 is 64.2 Å². The summed E-state index contributed by atoms with van der Waals surface area (Å²) in [6, 6.07) is 15.6. The molecule has 2 aliphatic heterocycles. The molecule has 0 aromatic heterocycles. The number of esters is 4. The highest BCUT2D eigenvalue weighted by Gasteiger charge is 2.60. The molecule has 4 aromatic rings. The van der Waals surface area contributed by atoms with Gasteiger partial charge in [0.15, 0.2) is 11.5 Å². The molecule has 1 saturated heterocycles. The molecule has 6 rings (SSSR count). The number of nitro benzene ring substituents is 3. The van der Waals surface area contributed by atoms with E-state index >= 15 is 0 Å². The van der Waals surface area contributed by atoms with Gasteiger partial charge in [-0.2, -0.15) is 0 Å². The monoisotopic (exact) mass is 941 g/mol. The van der Waals surface area contributed by atoms with E-state index in [1.165, 1.54) is 24.0 Å². The number of rotatable bonds is 19. The number of ether oxygens (including phenoxy) is 3. The number of Topliss-reactive ketones (excluding diaryl/α,β-unsaturated/α-hetero) is 1. The Kier molecular flexibility index (Phi) is 15.0. The molecule has 1 N–H and O–H groups in total. The van der Waals surface area contributed by atoms with Crippen molar-refractivity contribution in [2.45, 2.75) is 51.7 Å². The van der Waals surface area contributed by atoms with Crippen molar-refractivity contribution in [1.29, 1.82) is 0 Å². The van der Waals surface area contributed by atoms with Gasteiger partial charge in [0, 0.05) is 61.7 Å². The molecule has 21 nitrogen and oxygen atoms in total. The summed E-state index contributed by atoms with van der Waals surface area (Å²) in [5.41, 5.74) is -0.492. The predicted octanol–water partition coefficient (Wildman–Crippen LogP) is 6.21. The molecule has 1 amide bonds. The first kappa shape index (κ1) is 48.7. The summed E-state index contributed by atoms with van der Waals surface area (Å²) in [5.74, 6) is -6.81. The maximum Gasteiger partial charge on any atom is 0.362 e. The molecule has 0 bridgehead atoms. The Bertz CT molecular complexity index is 2700. The molecular formula is C45H40ClN5O16. The van der Waals surface area contributed by atoms with E-state index in [0.717, 1.165) is 72.8 Å². The largest absolute Gasteiger partial charge is 0.419 e. The van der Waals surface area contributed by atoms with Gasteiger partial charge in [-0.25, -0.2) is 19.2 Å². The molecule has 0 radical (unpaired) electrons. The van der Waals surface area contributed by atoms with Crippen molar-refractivity contribution in [2.75, 3.05) is 20.1 Å². The summed E-state index contributed by atoms with van der Waals surface area (Å²) >= 11 is 6.72. The first-order valence-corrected chi connectivity index (χ1v) is 20.8. The number of carbonyl (C=O) groups excluding carboxylic acids is 6.